The summed E-state index contributed by atoms with van der Waals surface area (Å²) in [4.78, 5) is 16.1. The summed E-state index contributed by atoms with van der Waals surface area (Å²) >= 11 is 1.64. The second-order valence-electron chi connectivity index (χ2n) is 7.42. The lowest BCUT2D eigenvalue weighted by atomic mass is 10.0. The Balaban J connectivity index is 1.55. The Hall–Kier alpha value is -2.29. The highest BCUT2D eigenvalue weighted by molar-refractivity contribution is 7.20. The van der Waals surface area contributed by atoms with Gasteiger partial charge in [0.25, 0.3) is 5.56 Å². The van der Waals surface area contributed by atoms with Gasteiger partial charge in [-0.15, -0.1) is 0 Å². The number of methoxy groups -OCH3 is 1. The van der Waals surface area contributed by atoms with Gasteiger partial charge in [0.15, 0.2) is 0 Å². The van der Waals surface area contributed by atoms with Crippen LogP contribution in [0, 0.1) is 0 Å². The van der Waals surface area contributed by atoms with E-state index in [1.807, 2.05) is 6.07 Å². The SMILES string of the molecule is [B]c1ccc(CNC2CCN(CCn3c(/C=C(\C=C)OC)c(N)ccc3=O)CC2)s1. The number of rotatable bonds is 9. The predicted molar refractivity (Wildman–Crippen MR) is 126 cm³/mol. The molecule has 30 heavy (non-hydrogen) atoms. The number of pyridine rings is 1. The number of nitrogen functional groups attached to an aromatic ring is 1. The average Bonchev–Trinajstić information content (AvgIpc) is 3.18. The topological polar surface area (TPSA) is 72.5 Å². The van der Waals surface area contributed by atoms with Crippen molar-refractivity contribution < 1.29 is 4.74 Å². The van der Waals surface area contributed by atoms with Crippen molar-refractivity contribution in [3.63, 3.8) is 0 Å². The Morgan fingerprint density at radius 1 is 1.33 bits per heavy atom. The molecule has 1 saturated heterocycles. The first-order valence-corrected chi connectivity index (χ1v) is 11.0. The van der Waals surface area contributed by atoms with Crippen LogP contribution in [-0.4, -0.2) is 50.1 Å². The standard InChI is InChI=1S/C22H29BN4O2S/c1-3-17(29-2)14-20-19(24)5-7-22(28)27(20)13-12-26-10-8-16(9-11-26)25-15-18-4-6-21(23)30-18/h3-7,14,16,25H,1,8-13,15,24H2,2H3/b17-14+. The zero-order chi connectivity index (χ0) is 21.5. The number of thiophene rings is 1. The highest BCUT2D eigenvalue weighted by Gasteiger charge is 2.19. The fourth-order valence-electron chi connectivity index (χ4n) is 3.68. The molecule has 0 aliphatic carbocycles. The lowest BCUT2D eigenvalue weighted by Gasteiger charge is -2.32. The fourth-order valence-corrected chi connectivity index (χ4v) is 4.41. The monoisotopic (exact) mass is 424 g/mol. The van der Waals surface area contributed by atoms with Gasteiger partial charge in [-0.05, 0) is 48.9 Å². The molecule has 2 aromatic rings. The zero-order valence-electron chi connectivity index (χ0n) is 17.5. The first-order chi connectivity index (χ1) is 14.5. The molecule has 0 bridgehead atoms. The van der Waals surface area contributed by atoms with Crippen molar-refractivity contribution in [1.82, 2.24) is 14.8 Å². The van der Waals surface area contributed by atoms with Gasteiger partial charge in [0, 0.05) is 42.7 Å². The molecule has 2 radical (unpaired) electrons. The van der Waals surface area contributed by atoms with E-state index >= 15 is 0 Å². The number of allylic oxidation sites excluding steroid dienone is 1. The smallest absolute Gasteiger partial charge is 0.251 e. The number of likely N-dealkylation sites (tertiary alicyclic amines) is 1. The lowest BCUT2D eigenvalue weighted by Crippen LogP contribution is -2.43. The van der Waals surface area contributed by atoms with Crippen LogP contribution in [0.5, 0.6) is 0 Å². The molecule has 8 heteroatoms. The van der Waals surface area contributed by atoms with E-state index in [1.165, 1.54) is 10.9 Å². The Kier molecular flexibility index (Phi) is 7.96. The van der Waals surface area contributed by atoms with Crippen LogP contribution in [0.1, 0.15) is 23.4 Å². The molecular formula is C22H29BN4O2S. The number of nitrogens with zero attached hydrogens (tertiary/aromatic N) is 2. The van der Waals surface area contributed by atoms with Crippen molar-refractivity contribution in [3.8, 4) is 0 Å². The molecule has 1 aliphatic heterocycles. The number of nitrogens with one attached hydrogen (secondary N) is 1. The van der Waals surface area contributed by atoms with Crippen molar-refractivity contribution in [2.75, 3.05) is 32.5 Å². The largest absolute Gasteiger partial charge is 0.497 e. The van der Waals surface area contributed by atoms with Crippen LogP contribution in [0.25, 0.3) is 6.08 Å². The number of anilines is 1. The van der Waals surface area contributed by atoms with E-state index in [1.54, 1.807) is 41.2 Å². The Morgan fingerprint density at radius 3 is 2.73 bits per heavy atom. The predicted octanol–water partition coefficient (Wildman–Crippen LogP) is 1.71. The Bertz CT molecular complexity index is 945. The van der Waals surface area contributed by atoms with Crippen LogP contribution >= 0.6 is 11.3 Å². The summed E-state index contributed by atoms with van der Waals surface area (Å²) in [6.07, 6.45) is 5.54. The number of ether oxygens (including phenoxy) is 1. The third-order valence-electron chi connectivity index (χ3n) is 5.45. The summed E-state index contributed by atoms with van der Waals surface area (Å²) in [5.74, 6) is 0.570. The van der Waals surface area contributed by atoms with Crippen molar-refractivity contribution in [2.24, 2.45) is 0 Å². The maximum Gasteiger partial charge on any atom is 0.251 e. The highest BCUT2D eigenvalue weighted by Crippen LogP contribution is 2.16. The van der Waals surface area contributed by atoms with Crippen LogP contribution in [0.3, 0.4) is 0 Å². The van der Waals surface area contributed by atoms with Crippen LogP contribution in [0.2, 0.25) is 0 Å². The molecule has 3 heterocycles. The molecule has 6 nitrogen and oxygen atoms in total. The molecule has 1 aliphatic rings. The minimum atomic E-state index is -0.0678. The summed E-state index contributed by atoms with van der Waals surface area (Å²) < 4.78 is 7.84. The first-order valence-electron chi connectivity index (χ1n) is 10.2. The van der Waals surface area contributed by atoms with E-state index in [0.717, 1.165) is 43.8 Å². The molecule has 0 atom stereocenters. The van der Waals surface area contributed by atoms with Gasteiger partial charge in [0.05, 0.1) is 18.5 Å². The molecule has 0 saturated carbocycles. The number of piperidine rings is 1. The molecule has 158 valence electrons. The van der Waals surface area contributed by atoms with Gasteiger partial charge < -0.3 is 25.3 Å². The van der Waals surface area contributed by atoms with Gasteiger partial charge in [-0.3, -0.25) is 4.79 Å². The molecule has 2 aromatic heterocycles. The van der Waals surface area contributed by atoms with Crippen LogP contribution in [0.15, 0.2) is 47.5 Å². The molecule has 0 spiro atoms. The maximum atomic E-state index is 12.5. The highest BCUT2D eigenvalue weighted by atomic mass is 32.1. The normalized spacial score (nSPS) is 16.0. The second kappa shape index (κ2) is 10.7. The van der Waals surface area contributed by atoms with E-state index in [9.17, 15) is 4.79 Å². The summed E-state index contributed by atoms with van der Waals surface area (Å²) in [6, 6.07) is 7.70. The average molecular weight is 424 g/mol. The summed E-state index contributed by atoms with van der Waals surface area (Å²) in [5, 5.41) is 3.63. The molecule has 0 unspecified atom stereocenters. The minimum absolute atomic E-state index is 0.0678. The van der Waals surface area contributed by atoms with Crippen molar-refractivity contribution in [1.29, 1.82) is 0 Å². The fraction of sp³-hybridized carbons (Fsp3) is 0.409. The molecule has 3 N–H and O–H groups in total. The van der Waals surface area contributed by atoms with Gasteiger partial charge in [0.2, 0.25) is 0 Å². The number of hydrogen-bond acceptors (Lipinski definition) is 6. The van der Waals surface area contributed by atoms with Crippen molar-refractivity contribution in [3.05, 3.63) is 63.6 Å². The third kappa shape index (κ3) is 5.87. The summed E-state index contributed by atoms with van der Waals surface area (Å²) in [5.41, 5.74) is 7.27. The summed E-state index contributed by atoms with van der Waals surface area (Å²) in [7, 11) is 7.37. The van der Waals surface area contributed by atoms with Gasteiger partial charge in [-0.2, -0.15) is 11.3 Å². The molecule has 3 rings (SSSR count). The Labute approximate surface area is 183 Å². The summed E-state index contributed by atoms with van der Waals surface area (Å²) in [6.45, 7) is 7.98. The van der Waals surface area contributed by atoms with Crippen molar-refractivity contribution >= 4 is 35.7 Å². The van der Waals surface area contributed by atoms with Gasteiger partial charge in [-0.25, -0.2) is 0 Å². The minimum Gasteiger partial charge on any atom is -0.497 e. The second-order valence-corrected chi connectivity index (χ2v) is 8.62. The van der Waals surface area contributed by atoms with Crippen LogP contribution < -0.4 is 21.4 Å². The van der Waals surface area contributed by atoms with E-state index in [2.05, 4.69) is 22.9 Å². The van der Waals surface area contributed by atoms with Crippen molar-refractivity contribution in [2.45, 2.75) is 32.0 Å². The molecule has 0 amide bonds. The van der Waals surface area contributed by atoms with E-state index in [0.29, 0.717) is 29.7 Å². The number of aromatic nitrogens is 1. The number of hydrogen-bond donors (Lipinski definition) is 2. The molecular weight excluding hydrogens is 395 g/mol. The Morgan fingerprint density at radius 2 is 2.10 bits per heavy atom. The molecule has 1 fully saturated rings. The van der Waals surface area contributed by atoms with Crippen LogP contribution in [0.4, 0.5) is 5.69 Å². The first kappa shape index (κ1) is 22.4. The quantitative estimate of drug-likeness (QED) is 0.364. The maximum absolute atomic E-state index is 12.5. The molecule has 0 aromatic carbocycles. The van der Waals surface area contributed by atoms with Gasteiger partial charge in [0.1, 0.15) is 13.6 Å². The van der Waals surface area contributed by atoms with Gasteiger partial charge >= 0.3 is 0 Å². The van der Waals surface area contributed by atoms with Gasteiger partial charge in [-0.1, -0.05) is 12.6 Å². The zero-order valence-corrected chi connectivity index (χ0v) is 18.3. The van der Waals surface area contributed by atoms with Crippen LogP contribution in [-0.2, 0) is 17.8 Å². The number of nitrogens with two attached hydrogens (primary N) is 1. The van der Waals surface area contributed by atoms with E-state index < -0.39 is 0 Å². The lowest BCUT2D eigenvalue weighted by molar-refractivity contribution is 0.190. The van der Waals surface area contributed by atoms with E-state index in [-0.39, 0.29) is 5.56 Å². The van der Waals surface area contributed by atoms with E-state index in [4.69, 9.17) is 18.3 Å². The third-order valence-corrected chi connectivity index (χ3v) is 6.36.